The van der Waals surface area contributed by atoms with Crippen LogP contribution in [0.4, 0.5) is 0 Å². The molecule has 1 aromatic heterocycles. The van der Waals surface area contributed by atoms with Crippen molar-refractivity contribution in [2.75, 3.05) is 0 Å². The highest BCUT2D eigenvalue weighted by molar-refractivity contribution is 9.10. The summed E-state index contributed by atoms with van der Waals surface area (Å²) in [5.74, 6) is 0.147. The van der Waals surface area contributed by atoms with E-state index in [-0.39, 0.29) is 11.2 Å². The van der Waals surface area contributed by atoms with Crippen LogP contribution >= 0.6 is 27.5 Å². The first-order valence-corrected chi connectivity index (χ1v) is 10.5. The molecule has 146 valence electrons. The van der Waals surface area contributed by atoms with Crippen molar-refractivity contribution >= 4 is 38.4 Å². The predicted molar refractivity (Wildman–Crippen MR) is 123 cm³/mol. The minimum absolute atomic E-state index is 0.147. The van der Waals surface area contributed by atoms with Gasteiger partial charge in [0, 0.05) is 17.0 Å². The standard InChI is InChI=1S/C24H20BrClN2O/c1-14-10-19(12-20(26)22(14)29)24(2,3)18-7-4-15(5-8-18)16-6-9-21-17(11-16)13-27-23(25)28-21/h4-13,29H,1-3H3. The summed E-state index contributed by atoms with van der Waals surface area (Å²) in [7, 11) is 0. The molecule has 0 atom stereocenters. The molecule has 0 unspecified atom stereocenters. The maximum atomic E-state index is 9.98. The summed E-state index contributed by atoms with van der Waals surface area (Å²) in [5, 5.41) is 11.4. The van der Waals surface area contributed by atoms with Gasteiger partial charge in [-0.15, -0.1) is 0 Å². The molecule has 5 heteroatoms. The van der Waals surface area contributed by atoms with Gasteiger partial charge in [0.25, 0.3) is 0 Å². The van der Waals surface area contributed by atoms with Crippen molar-refractivity contribution in [1.82, 2.24) is 9.97 Å². The van der Waals surface area contributed by atoms with E-state index in [0.29, 0.717) is 9.76 Å². The molecule has 4 aromatic rings. The SMILES string of the molecule is Cc1cc(C(C)(C)c2ccc(-c3ccc4nc(Br)ncc4c3)cc2)cc(Cl)c1O. The Morgan fingerprint density at radius 2 is 1.62 bits per heavy atom. The molecule has 0 bridgehead atoms. The third-order valence-electron chi connectivity index (χ3n) is 5.47. The maximum Gasteiger partial charge on any atom is 0.197 e. The molecule has 0 fully saturated rings. The fraction of sp³-hybridized carbons (Fsp3) is 0.167. The van der Waals surface area contributed by atoms with E-state index in [1.807, 2.05) is 31.3 Å². The molecule has 0 amide bonds. The first-order valence-electron chi connectivity index (χ1n) is 9.28. The minimum atomic E-state index is -0.246. The van der Waals surface area contributed by atoms with Gasteiger partial charge in [-0.3, -0.25) is 0 Å². The second kappa shape index (κ2) is 7.43. The molecule has 4 rings (SSSR count). The smallest absolute Gasteiger partial charge is 0.197 e. The average molecular weight is 468 g/mol. The first kappa shape index (κ1) is 19.9. The van der Waals surface area contributed by atoms with Gasteiger partial charge in [0.1, 0.15) is 5.75 Å². The van der Waals surface area contributed by atoms with Crippen molar-refractivity contribution in [2.24, 2.45) is 0 Å². The Morgan fingerprint density at radius 3 is 2.31 bits per heavy atom. The number of rotatable bonds is 3. The maximum absolute atomic E-state index is 9.98. The third kappa shape index (κ3) is 3.75. The van der Waals surface area contributed by atoms with Gasteiger partial charge in [-0.05, 0) is 68.9 Å². The molecule has 3 nitrogen and oxygen atoms in total. The van der Waals surface area contributed by atoms with Gasteiger partial charge in [0.15, 0.2) is 4.73 Å². The molecule has 1 heterocycles. The van der Waals surface area contributed by atoms with Crippen LogP contribution in [0.5, 0.6) is 5.75 Å². The lowest BCUT2D eigenvalue weighted by atomic mass is 9.77. The molecule has 0 aliphatic heterocycles. The van der Waals surface area contributed by atoms with E-state index in [0.717, 1.165) is 33.2 Å². The number of phenols is 1. The van der Waals surface area contributed by atoms with Crippen LogP contribution in [0.25, 0.3) is 22.0 Å². The van der Waals surface area contributed by atoms with Gasteiger partial charge in [-0.1, -0.05) is 61.8 Å². The van der Waals surface area contributed by atoms with Crippen molar-refractivity contribution in [3.63, 3.8) is 0 Å². The van der Waals surface area contributed by atoms with Crippen molar-refractivity contribution < 1.29 is 5.11 Å². The lowest BCUT2D eigenvalue weighted by Gasteiger charge is -2.27. The van der Waals surface area contributed by atoms with Crippen LogP contribution in [0, 0.1) is 6.92 Å². The quantitative estimate of drug-likeness (QED) is 0.328. The summed E-state index contributed by atoms with van der Waals surface area (Å²) in [5.41, 5.74) is 5.94. The van der Waals surface area contributed by atoms with Crippen LogP contribution < -0.4 is 0 Å². The molecule has 0 saturated carbocycles. The van der Waals surface area contributed by atoms with Crippen molar-refractivity contribution in [1.29, 1.82) is 0 Å². The summed E-state index contributed by atoms with van der Waals surface area (Å²) < 4.78 is 0.592. The van der Waals surface area contributed by atoms with E-state index in [1.54, 1.807) is 0 Å². The molecule has 0 radical (unpaired) electrons. The Morgan fingerprint density at radius 1 is 0.931 bits per heavy atom. The molecule has 0 aliphatic rings. The van der Waals surface area contributed by atoms with Crippen molar-refractivity contribution in [3.8, 4) is 16.9 Å². The van der Waals surface area contributed by atoms with Gasteiger partial charge in [0.05, 0.1) is 10.5 Å². The zero-order valence-electron chi connectivity index (χ0n) is 16.4. The van der Waals surface area contributed by atoms with Crippen LogP contribution in [0.1, 0.15) is 30.5 Å². The summed E-state index contributed by atoms with van der Waals surface area (Å²) in [6, 6.07) is 18.6. The van der Waals surface area contributed by atoms with Crippen LogP contribution in [-0.4, -0.2) is 15.1 Å². The number of benzene rings is 3. The van der Waals surface area contributed by atoms with Crippen LogP contribution in [0.3, 0.4) is 0 Å². The van der Waals surface area contributed by atoms with Crippen molar-refractivity contribution in [3.05, 3.63) is 87.2 Å². The van der Waals surface area contributed by atoms with E-state index >= 15 is 0 Å². The summed E-state index contributed by atoms with van der Waals surface area (Å²) >= 11 is 9.52. The Balaban J connectivity index is 1.69. The fourth-order valence-electron chi connectivity index (χ4n) is 3.53. The number of halogens is 2. The van der Waals surface area contributed by atoms with Crippen LogP contribution in [0.2, 0.25) is 5.02 Å². The van der Waals surface area contributed by atoms with E-state index in [1.165, 1.54) is 5.56 Å². The molecule has 29 heavy (non-hydrogen) atoms. The van der Waals surface area contributed by atoms with Crippen LogP contribution in [0.15, 0.2) is 65.5 Å². The molecule has 0 spiro atoms. The molecule has 1 N–H and O–H groups in total. The number of phenolic OH excluding ortho intramolecular Hbond substituents is 1. The monoisotopic (exact) mass is 466 g/mol. The number of aryl methyl sites for hydroxylation is 1. The largest absolute Gasteiger partial charge is 0.506 e. The number of aromatic hydroxyl groups is 1. The Bertz CT molecular complexity index is 1200. The number of hydrogen-bond donors (Lipinski definition) is 1. The highest BCUT2D eigenvalue weighted by atomic mass is 79.9. The zero-order valence-corrected chi connectivity index (χ0v) is 18.7. The molecular weight excluding hydrogens is 448 g/mol. The minimum Gasteiger partial charge on any atom is -0.506 e. The topological polar surface area (TPSA) is 46.0 Å². The molecule has 0 aliphatic carbocycles. The lowest BCUT2D eigenvalue weighted by Crippen LogP contribution is -2.19. The Labute approximate surface area is 183 Å². The lowest BCUT2D eigenvalue weighted by molar-refractivity contribution is 0.470. The number of nitrogens with zero attached hydrogens (tertiary/aromatic N) is 2. The van der Waals surface area contributed by atoms with E-state index in [2.05, 4.69) is 76.1 Å². The number of fused-ring (bicyclic) bond motifs is 1. The van der Waals surface area contributed by atoms with E-state index < -0.39 is 0 Å². The number of hydrogen-bond acceptors (Lipinski definition) is 3. The summed E-state index contributed by atoms with van der Waals surface area (Å²) in [6.07, 6.45) is 1.82. The fourth-order valence-corrected chi connectivity index (χ4v) is 4.09. The van der Waals surface area contributed by atoms with Gasteiger partial charge in [-0.2, -0.15) is 0 Å². The zero-order chi connectivity index (χ0) is 20.8. The van der Waals surface area contributed by atoms with Crippen molar-refractivity contribution in [2.45, 2.75) is 26.2 Å². The highest BCUT2D eigenvalue weighted by Crippen LogP contribution is 2.38. The summed E-state index contributed by atoms with van der Waals surface area (Å²) in [6.45, 7) is 6.19. The van der Waals surface area contributed by atoms with Gasteiger partial charge >= 0.3 is 0 Å². The van der Waals surface area contributed by atoms with E-state index in [9.17, 15) is 5.11 Å². The Kier molecular flexibility index (Phi) is 5.09. The first-order chi connectivity index (χ1) is 13.8. The van der Waals surface area contributed by atoms with Gasteiger partial charge in [0.2, 0.25) is 0 Å². The normalized spacial score (nSPS) is 11.8. The summed E-state index contributed by atoms with van der Waals surface area (Å²) in [4.78, 5) is 8.61. The van der Waals surface area contributed by atoms with E-state index in [4.69, 9.17) is 11.6 Å². The predicted octanol–water partition coefficient (Wildman–Crippen LogP) is 7.05. The molecule has 3 aromatic carbocycles. The second-order valence-electron chi connectivity index (χ2n) is 7.74. The second-order valence-corrected chi connectivity index (χ2v) is 8.86. The Hall–Kier alpha value is -2.43. The third-order valence-corrected chi connectivity index (χ3v) is 6.14. The highest BCUT2D eigenvalue weighted by Gasteiger charge is 2.24. The molecule has 0 saturated heterocycles. The van der Waals surface area contributed by atoms with Gasteiger partial charge in [-0.25, -0.2) is 9.97 Å². The molecular formula is C24H20BrClN2O. The van der Waals surface area contributed by atoms with Gasteiger partial charge < -0.3 is 5.11 Å². The average Bonchev–Trinajstić information content (AvgIpc) is 2.71. The number of aromatic nitrogens is 2. The van der Waals surface area contributed by atoms with Crippen LogP contribution in [-0.2, 0) is 5.41 Å².